The Balaban J connectivity index is 2.16. The summed E-state index contributed by atoms with van der Waals surface area (Å²) in [5.74, 6) is -0.590. The van der Waals surface area contributed by atoms with Crippen LogP contribution in [-0.4, -0.2) is 14.3 Å². The quantitative estimate of drug-likeness (QED) is 0.713. The lowest BCUT2D eigenvalue weighted by Crippen LogP contribution is -2.37. The first-order valence-electron chi connectivity index (χ1n) is 7.76. The van der Waals surface area contributed by atoms with Crippen LogP contribution in [0.5, 0.6) is 0 Å². The summed E-state index contributed by atoms with van der Waals surface area (Å²) in [4.78, 5) is 13.1. The van der Waals surface area contributed by atoms with E-state index >= 15 is 0 Å². The molecular weight excluding hydrogens is 334 g/mol. The Morgan fingerprint density at radius 2 is 1.28 bits per heavy atom. The lowest BCUT2D eigenvalue weighted by Gasteiger charge is -2.23. The van der Waals surface area contributed by atoms with Crippen molar-refractivity contribution in [2.75, 3.05) is 4.31 Å². The van der Waals surface area contributed by atoms with Crippen molar-refractivity contribution in [3.63, 3.8) is 0 Å². The van der Waals surface area contributed by atoms with Gasteiger partial charge in [0.15, 0.2) is 0 Å². The summed E-state index contributed by atoms with van der Waals surface area (Å²) in [6.07, 6.45) is 0. The predicted molar refractivity (Wildman–Crippen MR) is 98.1 cm³/mol. The van der Waals surface area contributed by atoms with Gasteiger partial charge in [-0.3, -0.25) is 4.79 Å². The highest BCUT2D eigenvalue weighted by Crippen LogP contribution is 2.26. The molecule has 5 heteroatoms. The number of benzene rings is 3. The molecule has 0 fully saturated rings. The number of aryl methyl sites for hydroxylation is 1. The van der Waals surface area contributed by atoms with Crippen molar-refractivity contribution in [1.82, 2.24) is 0 Å². The standard InChI is InChI=1S/C20H17NO3S/c1-16-12-14-18(15-13-16)21(20(22)17-8-4-2-5-9-17)25(23,24)19-10-6-3-7-11-19/h2-15H,1H3. The fraction of sp³-hybridized carbons (Fsp3) is 0.0500. The number of hydrogen-bond donors (Lipinski definition) is 0. The van der Waals surface area contributed by atoms with Gasteiger partial charge in [0.25, 0.3) is 15.9 Å². The molecule has 4 nitrogen and oxygen atoms in total. The zero-order chi connectivity index (χ0) is 17.9. The molecular formula is C20H17NO3S. The number of rotatable bonds is 4. The Bertz CT molecular complexity index is 966. The van der Waals surface area contributed by atoms with Gasteiger partial charge in [0.1, 0.15) is 0 Å². The summed E-state index contributed by atoms with van der Waals surface area (Å²) in [5, 5.41) is 0. The zero-order valence-electron chi connectivity index (χ0n) is 13.7. The minimum absolute atomic E-state index is 0.0693. The van der Waals surface area contributed by atoms with Crippen molar-refractivity contribution >= 4 is 21.6 Å². The van der Waals surface area contributed by atoms with Crippen LogP contribution in [0.1, 0.15) is 15.9 Å². The van der Waals surface area contributed by atoms with Crippen molar-refractivity contribution in [2.24, 2.45) is 0 Å². The van der Waals surface area contributed by atoms with Crippen LogP contribution in [0.15, 0.2) is 89.8 Å². The summed E-state index contributed by atoms with van der Waals surface area (Å²) in [6, 6.07) is 23.2. The van der Waals surface area contributed by atoms with Gasteiger partial charge in [-0.2, -0.15) is 4.31 Å². The van der Waals surface area contributed by atoms with E-state index in [2.05, 4.69) is 0 Å². The summed E-state index contributed by atoms with van der Waals surface area (Å²) in [7, 11) is -4.03. The topological polar surface area (TPSA) is 54.5 Å². The van der Waals surface area contributed by atoms with Crippen molar-refractivity contribution < 1.29 is 13.2 Å². The van der Waals surface area contributed by atoms with Crippen LogP contribution in [0.2, 0.25) is 0 Å². The molecule has 0 saturated carbocycles. The second kappa shape index (κ2) is 6.91. The third-order valence-electron chi connectivity index (χ3n) is 3.76. The highest BCUT2D eigenvalue weighted by molar-refractivity contribution is 7.93. The molecule has 0 aliphatic heterocycles. The number of hydrogen-bond acceptors (Lipinski definition) is 3. The third-order valence-corrected chi connectivity index (χ3v) is 5.48. The number of amides is 1. The average molecular weight is 351 g/mol. The highest BCUT2D eigenvalue weighted by Gasteiger charge is 2.31. The Morgan fingerprint density at radius 1 is 0.760 bits per heavy atom. The van der Waals surface area contributed by atoms with Crippen LogP contribution in [0.3, 0.4) is 0 Å². The average Bonchev–Trinajstić information content (AvgIpc) is 2.65. The summed E-state index contributed by atoms with van der Waals surface area (Å²) in [5.41, 5.74) is 1.60. The fourth-order valence-corrected chi connectivity index (χ4v) is 3.88. The van der Waals surface area contributed by atoms with Gasteiger partial charge in [-0.1, -0.05) is 54.1 Å². The Labute approximate surface area is 147 Å². The molecule has 126 valence electrons. The van der Waals surface area contributed by atoms with Crippen LogP contribution >= 0.6 is 0 Å². The molecule has 0 heterocycles. The van der Waals surface area contributed by atoms with Gasteiger partial charge >= 0.3 is 0 Å². The first-order chi connectivity index (χ1) is 12.0. The minimum atomic E-state index is -4.03. The van der Waals surface area contributed by atoms with Crippen molar-refractivity contribution in [2.45, 2.75) is 11.8 Å². The molecule has 0 aliphatic carbocycles. The first-order valence-corrected chi connectivity index (χ1v) is 9.20. The van der Waals surface area contributed by atoms with Crippen molar-refractivity contribution in [3.05, 3.63) is 96.1 Å². The molecule has 0 aliphatic rings. The van der Waals surface area contributed by atoms with E-state index in [9.17, 15) is 13.2 Å². The van der Waals surface area contributed by atoms with E-state index in [4.69, 9.17) is 0 Å². The summed E-state index contributed by atoms with van der Waals surface area (Å²) < 4.78 is 27.1. The monoisotopic (exact) mass is 351 g/mol. The van der Waals surface area contributed by atoms with Gasteiger partial charge in [0, 0.05) is 5.56 Å². The second-order valence-corrected chi connectivity index (χ2v) is 7.38. The Morgan fingerprint density at radius 3 is 1.84 bits per heavy atom. The van der Waals surface area contributed by atoms with E-state index in [1.54, 1.807) is 72.8 Å². The molecule has 0 radical (unpaired) electrons. The van der Waals surface area contributed by atoms with E-state index in [0.717, 1.165) is 9.87 Å². The predicted octanol–water partition coefficient (Wildman–Crippen LogP) is 4.03. The van der Waals surface area contributed by atoms with Crippen LogP contribution in [-0.2, 0) is 10.0 Å². The molecule has 0 saturated heterocycles. The van der Waals surface area contributed by atoms with Crippen LogP contribution in [0, 0.1) is 6.92 Å². The van der Waals surface area contributed by atoms with E-state index in [1.165, 1.54) is 12.1 Å². The van der Waals surface area contributed by atoms with E-state index < -0.39 is 15.9 Å². The number of nitrogens with zero attached hydrogens (tertiary/aromatic N) is 1. The van der Waals surface area contributed by atoms with Gasteiger partial charge in [-0.05, 0) is 43.3 Å². The van der Waals surface area contributed by atoms with Gasteiger partial charge in [0.2, 0.25) is 0 Å². The molecule has 3 rings (SSSR count). The minimum Gasteiger partial charge on any atom is -0.268 e. The molecule has 25 heavy (non-hydrogen) atoms. The molecule has 0 atom stereocenters. The summed E-state index contributed by atoms with van der Waals surface area (Å²) >= 11 is 0. The van der Waals surface area contributed by atoms with E-state index in [-0.39, 0.29) is 4.90 Å². The lowest BCUT2D eigenvalue weighted by molar-refractivity contribution is 0.101. The van der Waals surface area contributed by atoms with Crippen molar-refractivity contribution in [1.29, 1.82) is 0 Å². The Kier molecular flexibility index (Phi) is 4.67. The third kappa shape index (κ3) is 3.46. The number of carbonyl (C=O) groups excluding carboxylic acids is 1. The number of carbonyl (C=O) groups is 1. The smallest absolute Gasteiger partial charge is 0.268 e. The molecule has 0 N–H and O–H groups in total. The van der Waals surface area contributed by atoms with E-state index in [1.807, 2.05) is 6.92 Å². The first kappa shape index (κ1) is 16.9. The summed E-state index contributed by atoms with van der Waals surface area (Å²) in [6.45, 7) is 1.90. The molecule has 0 spiro atoms. The van der Waals surface area contributed by atoms with Crippen LogP contribution in [0.4, 0.5) is 5.69 Å². The largest absolute Gasteiger partial charge is 0.272 e. The maximum Gasteiger partial charge on any atom is 0.272 e. The van der Waals surface area contributed by atoms with Gasteiger partial charge in [0.05, 0.1) is 10.6 Å². The highest BCUT2D eigenvalue weighted by atomic mass is 32.2. The molecule has 0 aromatic heterocycles. The van der Waals surface area contributed by atoms with Gasteiger partial charge in [-0.15, -0.1) is 0 Å². The molecule has 0 bridgehead atoms. The lowest BCUT2D eigenvalue weighted by atomic mass is 10.2. The fourth-order valence-electron chi connectivity index (χ4n) is 2.44. The van der Waals surface area contributed by atoms with Crippen molar-refractivity contribution in [3.8, 4) is 0 Å². The maximum atomic E-state index is 13.1. The molecule has 0 unspecified atom stereocenters. The zero-order valence-corrected chi connectivity index (χ0v) is 14.5. The van der Waals surface area contributed by atoms with Gasteiger partial charge in [-0.25, -0.2) is 8.42 Å². The molecule has 1 amide bonds. The Hall–Kier alpha value is -2.92. The SMILES string of the molecule is Cc1ccc(N(C(=O)c2ccccc2)S(=O)(=O)c2ccccc2)cc1. The number of sulfonamides is 1. The molecule has 3 aromatic carbocycles. The normalized spacial score (nSPS) is 11.1. The van der Waals surface area contributed by atoms with Gasteiger partial charge < -0.3 is 0 Å². The van der Waals surface area contributed by atoms with Crippen LogP contribution in [0.25, 0.3) is 0 Å². The maximum absolute atomic E-state index is 13.1. The van der Waals surface area contributed by atoms with E-state index in [0.29, 0.717) is 11.3 Å². The second-order valence-electron chi connectivity index (χ2n) is 5.59. The molecule has 3 aromatic rings. The van der Waals surface area contributed by atoms with Crippen LogP contribution < -0.4 is 4.31 Å². The number of anilines is 1.